The average Bonchev–Trinajstić information content (AvgIpc) is 3.00. The van der Waals surface area contributed by atoms with E-state index in [0.717, 1.165) is 18.6 Å². The number of hydrogen-bond acceptors (Lipinski definition) is 2. The van der Waals surface area contributed by atoms with Crippen molar-refractivity contribution >= 4 is 5.69 Å². The Kier molecular flexibility index (Phi) is 6.36. The smallest absolute Gasteiger partial charge is 0.121 e. The van der Waals surface area contributed by atoms with E-state index in [1.165, 1.54) is 27.9 Å². The van der Waals surface area contributed by atoms with Gasteiger partial charge < -0.3 is 9.64 Å². The third-order valence-electron chi connectivity index (χ3n) is 6.69. The Bertz CT molecular complexity index is 990. The Hall–Kier alpha value is -2.74. The van der Waals surface area contributed by atoms with E-state index >= 15 is 0 Å². The van der Waals surface area contributed by atoms with Gasteiger partial charge in [0, 0.05) is 24.7 Å². The van der Waals surface area contributed by atoms with Crippen molar-refractivity contribution < 1.29 is 4.74 Å². The third-order valence-corrected chi connectivity index (χ3v) is 6.69. The van der Waals surface area contributed by atoms with Gasteiger partial charge in [-0.3, -0.25) is 0 Å². The molecule has 1 heterocycles. The van der Waals surface area contributed by atoms with Gasteiger partial charge in [0.1, 0.15) is 11.9 Å². The Morgan fingerprint density at radius 3 is 2.16 bits per heavy atom. The van der Waals surface area contributed by atoms with E-state index in [4.69, 9.17) is 4.74 Å². The average molecular weight is 414 g/mol. The number of fused-ring (bicyclic) bond motifs is 1. The maximum absolute atomic E-state index is 6.23. The highest BCUT2D eigenvalue weighted by Crippen LogP contribution is 2.41. The number of para-hydroxylation sites is 1. The number of benzene rings is 3. The van der Waals surface area contributed by atoms with Crippen molar-refractivity contribution in [3.05, 3.63) is 95.1 Å². The van der Waals surface area contributed by atoms with Gasteiger partial charge in [0.25, 0.3) is 0 Å². The molecule has 0 saturated carbocycles. The van der Waals surface area contributed by atoms with Crippen molar-refractivity contribution in [3.63, 3.8) is 0 Å². The lowest BCUT2D eigenvalue weighted by molar-refractivity contribution is 0.227. The second-order valence-corrected chi connectivity index (χ2v) is 9.46. The van der Waals surface area contributed by atoms with Crippen molar-refractivity contribution in [1.82, 2.24) is 0 Å². The molecule has 31 heavy (non-hydrogen) atoms. The fraction of sp³-hybridized carbons (Fsp3) is 0.379. The molecule has 3 atom stereocenters. The van der Waals surface area contributed by atoms with Crippen LogP contribution in [0.4, 0.5) is 5.69 Å². The lowest BCUT2D eigenvalue weighted by Gasteiger charge is -2.23. The summed E-state index contributed by atoms with van der Waals surface area (Å²) in [6.07, 6.45) is 2.21. The van der Waals surface area contributed by atoms with E-state index in [9.17, 15) is 0 Å². The summed E-state index contributed by atoms with van der Waals surface area (Å²) in [7, 11) is 2.21. The number of nitrogens with zero attached hydrogens (tertiary/aromatic N) is 1. The Labute approximate surface area is 187 Å². The Morgan fingerprint density at radius 1 is 0.839 bits per heavy atom. The first-order valence-electron chi connectivity index (χ1n) is 11.6. The van der Waals surface area contributed by atoms with E-state index < -0.39 is 0 Å². The molecule has 0 N–H and O–H groups in total. The van der Waals surface area contributed by atoms with Gasteiger partial charge in [-0.1, -0.05) is 68.4 Å². The molecule has 3 unspecified atom stereocenters. The molecule has 162 valence electrons. The molecule has 0 spiro atoms. The molecular formula is C29H35NO. The molecule has 4 rings (SSSR count). The van der Waals surface area contributed by atoms with Crippen LogP contribution in [-0.4, -0.2) is 13.1 Å². The number of anilines is 1. The van der Waals surface area contributed by atoms with Gasteiger partial charge in [-0.05, 0) is 73.1 Å². The van der Waals surface area contributed by atoms with Gasteiger partial charge in [0.2, 0.25) is 0 Å². The fourth-order valence-electron chi connectivity index (χ4n) is 4.78. The highest BCUT2D eigenvalue weighted by molar-refractivity contribution is 5.61. The third kappa shape index (κ3) is 4.79. The lowest BCUT2D eigenvalue weighted by Crippen LogP contribution is -2.28. The normalized spacial score (nSPS) is 18.8. The van der Waals surface area contributed by atoms with Crippen molar-refractivity contribution in [2.24, 2.45) is 5.92 Å². The molecule has 0 radical (unpaired) electrons. The van der Waals surface area contributed by atoms with Crippen LogP contribution >= 0.6 is 0 Å². The van der Waals surface area contributed by atoms with E-state index in [1.807, 2.05) is 0 Å². The SMILES string of the molecule is CC(C)Cc1ccc(C(C)Oc2ccc(CC3c4ccccc4N(C)C3C)cc2)cc1. The summed E-state index contributed by atoms with van der Waals surface area (Å²) in [6, 6.07) is 26.9. The molecule has 0 fully saturated rings. The van der Waals surface area contributed by atoms with Crippen molar-refractivity contribution in [3.8, 4) is 5.75 Å². The molecule has 1 aliphatic rings. The van der Waals surface area contributed by atoms with Gasteiger partial charge in [0.15, 0.2) is 0 Å². The largest absolute Gasteiger partial charge is 0.486 e. The van der Waals surface area contributed by atoms with Crippen LogP contribution in [0.15, 0.2) is 72.8 Å². The Balaban J connectivity index is 1.39. The zero-order valence-electron chi connectivity index (χ0n) is 19.5. The first-order valence-corrected chi connectivity index (χ1v) is 11.6. The van der Waals surface area contributed by atoms with Crippen LogP contribution in [0.2, 0.25) is 0 Å². The van der Waals surface area contributed by atoms with Crippen LogP contribution in [-0.2, 0) is 12.8 Å². The number of ether oxygens (including phenoxy) is 1. The zero-order valence-corrected chi connectivity index (χ0v) is 19.5. The summed E-state index contributed by atoms with van der Waals surface area (Å²) in [5.74, 6) is 2.13. The van der Waals surface area contributed by atoms with Gasteiger partial charge in [-0.15, -0.1) is 0 Å². The zero-order chi connectivity index (χ0) is 22.0. The van der Waals surface area contributed by atoms with Gasteiger partial charge in [-0.2, -0.15) is 0 Å². The van der Waals surface area contributed by atoms with Crippen LogP contribution < -0.4 is 9.64 Å². The molecule has 2 heteroatoms. The minimum Gasteiger partial charge on any atom is -0.486 e. The van der Waals surface area contributed by atoms with Crippen molar-refractivity contribution in [1.29, 1.82) is 0 Å². The summed E-state index contributed by atoms with van der Waals surface area (Å²) in [5.41, 5.74) is 6.81. The predicted octanol–water partition coefficient (Wildman–Crippen LogP) is 7.19. The topological polar surface area (TPSA) is 12.5 Å². The fourth-order valence-corrected chi connectivity index (χ4v) is 4.78. The maximum Gasteiger partial charge on any atom is 0.121 e. The van der Waals surface area contributed by atoms with E-state index in [0.29, 0.717) is 17.9 Å². The molecular weight excluding hydrogens is 378 g/mol. The quantitative estimate of drug-likeness (QED) is 0.406. The summed E-state index contributed by atoms with van der Waals surface area (Å²) in [6.45, 7) is 8.97. The summed E-state index contributed by atoms with van der Waals surface area (Å²) in [4.78, 5) is 2.41. The van der Waals surface area contributed by atoms with Crippen LogP contribution in [0, 0.1) is 5.92 Å². The second-order valence-electron chi connectivity index (χ2n) is 9.46. The van der Waals surface area contributed by atoms with Crippen LogP contribution in [0.1, 0.15) is 62.0 Å². The van der Waals surface area contributed by atoms with E-state index in [-0.39, 0.29) is 6.10 Å². The summed E-state index contributed by atoms with van der Waals surface area (Å²) < 4.78 is 6.23. The number of rotatable bonds is 7. The molecule has 0 aliphatic carbocycles. The highest BCUT2D eigenvalue weighted by atomic mass is 16.5. The molecule has 0 saturated heterocycles. The van der Waals surface area contributed by atoms with Crippen LogP contribution in [0.25, 0.3) is 0 Å². The van der Waals surface area contributed by atoms with Crippen LogP contribution in [0.3, 0.4) is 0 Å². The minimum atomic E-state index is 0.0364. The molecule has 1 aliphatic heterocycles. The molecule has 3 aromatic rings. The monoisotopic (exact) mass is 413 g/mol. The lowest BCUT2D eigenvalue weighted by atomic mass is 9.89. The first-order chi connectivity index (χ1) is 14.9. The van der Waals surface area contributed by atoms with Gasteiger partial charge >= 0.3 is 0 Å². The van der Waals surface area contributed by atoms with Gasteiger partial charge in [0.05, 0.1) is 0 Å². The summed E-state index contributed by atoms with van der Waals surface area (Å²) >= 11 is 0. The maximum atomic E-state index is 6.23. The molecule has 3 aromatic carbocycles. The molecule has 0 bridgehead atoms. The van der Waals surface area contributed by atoms with E-state index in [2.05, 4.69) is 112 Å². The minimum absolute atomic E-state index is 0.0364. The summed E-state index contributed by atoms with van der Waals surface area (Å²) in [5, 5.41) is 0. The number of hydrogen-bond donors (Lipinski definition) is 0. The molecule has 0 amide bonds. The standard InChI is InChI=1S/C29H35NO/c1-20(2)18-23-10-14-25(15-11-23)22(4)31-26-16-12-24(13-17-26)19-28-21(3)30(5)29-9-7-6-8-27(28)29/h6-17,20-22,28H,18-19H2,1-5H3. The second kappa shape index (κ2) is 9.18. The Morgan fingerprint density at radius 2 is 1.48 bits per heavy atom. The number of likely N-dealkylation sites (N-methyl/N-ethyl adjacent to an activating group) is 1. The van der Waals surface area contributed by atoms with Crippen molar-refractivity contribution in [2.75, 3.05) is 11.9 Å². The van der Waals surface area contributed by atoms with E-state index in [1.54, 1.807) is 0 Å². The highest BCUT2D eigenvalue weighted by Gasteiger charge is 2.32. The van der Waals surface area contributed by atoms with Gasteiger partial charge in [-0.25, -0.2) is 0 Å². The molecule has 0 aromatic heterocycles. The predicted molar refractivity (Wildman–Crippen MR) is 131 cm³/mol. The van der Waals surface area contributed by atoms with Crippen LogP contribution in [0.5, 0.6) is 5.75 Å². The van der Waals surface area contributed by atoms with Crippen molar-refractivity contribution in [2.45, 2.75) is 58.6 Å². The first kappa shape index (κ1) is 21.5. The molecule has 2 nitrogen and oxygen atoms in total.